The number of ether oxygens (including phenoxy) is 2. The molecule has 0 radical (unpaired) electrons. The molecule has 2 aromatic carbocycles. The minimum atomic E-state index is 0.0117. The zero-order valence-corrected chi connectivity index (χ0v) is 19.3. The standard InChI is InChI=1S/C26H30N4O3/c1-29-14-15-30(18-23(29)21-6-4-5-7-24(21)32-2)26(31)20-8-9-25(33-3)22(16-20)28-17-19-10-12-27-13-11-19/h4-13,16,23,28H,14-15,17-18H2,1-3H3/t23-/m0/s1. The molecule has 0 spiro atoms. The molecule has 1 atom stereocenters. The Morgan fingerprint density at radius 2 is 1.79 bits per heavy atom. The maximum atomic E-state index is 13.5. The number of benzene rings is 2. The van der Waals surface area contributed by atoms with Gasteiger partial charge in [-0.2, -0.15) is 0 Å². The van der Waals surface area contributed by atoms with Gasteiger partial charge in [-0.15, -0.1) is 0 Å². The largest absolute Gasteiger partial charge is 0.496 e. The molecule has 1 fully saturated rings. The first-order chi connectivity index (χ1) is 16.1. The molecule has 0 aliphatic carbocycles. The number of carbonyl (C=O) groups is 1. The number of methoxy groups -OCH3 is 2. The van der Waals surface area contributed by atoms with Crippen molar-refractivity contribution in [1.82, 2.24) is 14.8 Å². The van der Waals surface area contributed by atoms with E-state index in [4.69, 9.17) is 9.47 Å². The molecule has 1 aromatic heterocycles. The second-order valence-corrected chi connectivity index (χ2v) is 8.11. The summed E-state index contributed by atoms with van der Waals surface area (Å²) in [5.74, 6) is 1.55. The van der Waals surface area contributed by atoms with E-state index in [1.165, 1.54) is 0 Å². The maximum absolute atomic E-state index is 13.5. The zero-order chi connectivity index (χ0) is 23.2. The van der Waals surface area contributed by atoms with Gasteiger partial charge >= 0.3 is 0 Å². The van der Waals surface area contributed by atoms with Crippen molar-refractivity contribution in [2.24, 2.45) is 0 Å². The van der Waals surface area contributed by atoms with E-state index in [1.807, 2.05) is 53.4 Å². The summed E-state index contributed by atoms with van der Waals surface area (Å²) >= 11 is 0. The van der Waals surface area contributed by atoms with E-state index < -0.39 is 0 Å². The van der Waals surface area contributed by atoms with Crippen molar-refractivity contribution in [3.63, 3.8) is 0 Å². The lowest BCUT2D eigenvalue weighted by Crippen LogP contribution is -2.49. The average Bonchev–Trinajstić information content (AvgIpc) is 2.87. The van der Waals surface area contributed by atoms with E-state index in [9.17, 15) is 4.79 Å². The number of nitrogens with zero attached hydrogens (tertiary/aromatic N) is 3. The number of nitrogens with one attached hydrogen (secondary N) is 1. The summed E-state index contributed by atoms with van der Waals surface area (Å²) in [5, 5.41) is 3.39. The van der Waals surface area contributed by atoms with Crippen LogP contribution in [0.3, 0.4) is 0 Å². The number of likely N-dealkylation sites (N-methyl/N-ethyl adjacent to an activating group) is 1. The Labute approximate surface area is 195 Å². The Bertz CT molecular complexity index is 1090. The van der Waals surface area contributed by atoms with Crippen LogP contribution < -0.4 is 14.8 Å². The number of hydrogen-bond donors (Lipinski definition) is 1. The van der Waals surface area contributed by atoms with E-state index in [0.29, 0.717) is 30.9 Å². The van der Waals surface area contributed by atoms with Crippen LogP contribution in [0.15, 0.2) is 67.0 Å². The van der Waals surface area contributed by atoms with Crippen LogP contribution in [-0.2, 0) is 6.54 Å². The number of carbonyl (C=O) groups excluding carboxylic acids is 1. The molecule has 0 unspecified atom stereocenters. The number of hydrogen-bond acceptors (Lipinski definition) is 6. The van der Waals surface area contributed by atoms with Crippen molar-refractivity contribution in [2.45, 2.75) is 12.6 Å². The molecule has 2 heterocycles. The van der Waals surface area contributed by atoms with Gasteiger partial charge in [-0.05, 0) is 49.0 Å². The fourth-order valence-electron chi connectivity index (χ4n) is 4.20. The van der Waals surface area contributed by atoms with E-state index in [2.05, 4.69) is 28.3 Å². The number of pyridine rings is 1. The Kier molecular flexibility index (Phi) is 7.10. The summed E-state index contributed by atoms with van der Waals surface area (Å²) in [6, 6.07) is 17.5. The van der Waals surface area contributed by atoms with Crippen LogP contribution in [0.25, 0.3) is 0 Å². The monoisotopic (exact) mass is 446 g/mol. The molecule has 0 saturated carbocycles. The third kappa shape index (κ3) is 5.09. The predicted octanol–water partition coefficient (Wildman–Crippen LogP) is 3.84. The Hall–Kier alpha value is -3.58. The summed E-state index contributed by atoms with van der Waals surface area (Å²) in [6.45, 7) is 2.67. The minimum absolute atomic E-state index is 0.0117. The fraction of sp³-hybridized carbons (Fsp3) is 0.308. The minimum Gasteiger partial charge on any atom is -0.496 e. The number of para-hydroxylation sites is 1. The van der Waals surface area contributed by atoms with Gasteiger partial charge in [-0.25, -0.2) is 0 Å². The summed E-state index contributed by atoms with van der Waals surface area (Å²) in [6.07, 6.45) is 3.53. The van der Waals surface area contributed by atoms with Crippen LogP contribution in [0.4, 0.5) is 5.69 Å². The van der Waals surface area contributed by atoms with Gasteiger partial charge in [0.25, 0.3) is 5.91 Å². The molecular weight excluding hydrogens is 416 g/mol. The Morgan fingerprint density at radius 1 is 1.03 bits per heavy atom. The SMILES string of the molecule is COc1ccc(C(=O)N2CCN(C)[C@H](c3ccccc3OC)C2)cc1NCc1ccncc1. The van der Waals surface area contributed by atoms with Gasteiger partial charge in [0.2, 0.25) is 0 Å². The van der Waals surface area contributed by atoms with Crippen molar-refractivity contribution in [1.29, 1.82) is 0 Å². The Morgan fingerprint density at radius 3 is 2.55 bits per heavy atom. The van der Waals surface area contributed by atoms with Crippen molar-refractivity contribution >= 4 is 11.6 Å². The normalized spacial score (nSPS) is 16.3. The van der Waals surface area contributed by atoms with Gasteiger partial charge in [0.05, 0.1) is 25.9 Å². The highest BCUT2D eigenvalue weighted by molar-refractivity contribution is 5.95. The summed E-state index contributed by atoms with van der Waals surface area (Å²) in [5.41, 5.74) is 3.61. The van der Waals surface area contributed by atoms with Gasteiger partial charge in [-0.3, -0.25) is 14.7 Å². The van der Waals surface area contributed by atoms with Crippen molar-refractivity contribution in [3.8, 4) is 11.5 Å². The third-order valence-electron chi connectivity index (χ3n) is 6.11. The number of anilines is 1. The topological polar surface area (TPSA) is 66.9 Å². The van der Waals surface area contributed by atoms with Gasteiger partial charge in [0, 0.05) is 49.7 Å². The second-order valence-electron chi connectivity index (χ2n) is 8.11. The van der Waals surface area contributed by atoms with Crippen LogP contribution >= 0.6 is 0 Å². The fourth-order valence-corrected chi connectivity index (χ4v) is 4.20. The molecule has 4 rings (SSSR count). The first-order valence-electron chi connectivity index (χ1n) is 11.0. The molecular formula is C26H30N4O3. The molecule has 33 heavy (non-hydrogen) atoms. The highest BCUT2D eigenvalue weighted by Gasteiger charge is 2.30. The molecule has 1 N–H and O–H groups in total. The average molecular weight is 447 g/mol. The molecule has 3 aromatic rings. The highest BCUT2D eigenvalue weighted by atomic mass is 16.5. The lowest BCUT2D eigenvalue weighted by Gasteiger charge is -2.40. The number of aromatic nitrogens is 1. The van der Waals surface area contributed by atoms with Crippen LogP contribution in [0.1, 0.15) is 27.5 Å². The van der Waals surface area contributed by atoms with Gasteiger partial charge in [0.15, 0.2) is 0 Å². The zero-order valence-electron chi connectivity index (χ0n) is 19.3. The number of piperazine rings is 1. The number of rotatable bonds is 7. The molecule has 0 bridgehead atoms. The van der Waals surface area contributed by atoms with Crippen molar-refractivity contribution in [2.75, 3.05) is 46.2 Å². The van der Waals surface area contributed by atoms with Gasteiger partial charge < -0.3 is 19.7 Å². The molecule has 1 aliphatic heterocycles. The second kappa shape index (κ2) is 10.4. The molecule has 1 saturated heterocycles. The number of amides is 1. The quantitative estimate of drug-likeness (QED) is 0.595. The van der Waals surface area contributed by atoms with E-state index in [-0.39, 0.29) is 11.9 Å². The predicted molar refractivity (Wildman–Crippen MR) is 129 cm³/mol. The smallest absolute Gasteiger partial charge is 0.254 e. The van der Waals surface area contributed by atoms with E-state index in [0.717, 1.165) is 29.1 Å². The summed E-state index contributed by atoms with van der Waals surface area (Å²) in [7, 11) is 5.41. The molecule has 172 valence electrons. The Balaban J connectivity index is 1.53. The molecule has 1 amide bonds. The van der Waals surface area contributed by atoms with Gasteiger partial charge in [-0.1, -0.05) is 18.2 Å². The van der Waals surface area contributed by atoms with Crippen molar-refractivity contribution < 1.29 is 14.3 Å². The lowest BCUT2D eigenvalue weighted by atomic mass is 10.0. The van der Waals surface area contributed by atoms with E-state index in [1.54, 1.807) is 26.6 Å². The molecule has 1 aliphatic rings. The van der Waals surface area contributed by atoms with Crippen LogP contribution in [-0.4, -0.2) is 61.6 Å². The van der Waals surface area contributed by atoms with Crippen molar-refractivity contribution in [3.05, 3.63) is 83.7 Å². The highest BCUT2D eigenvalue weighted by Crippen LogP contribution is 2.32. The van der Waals surface area contributed by atoms with Crippen LogP contribution in [0, 0.1) is 0 Å². The summed E-state index contributed by atoms with van der Waals surface area (Å²) in [4.78, 5) is 21.7. The van der Waals surface area contributed by atoms with Crippen LogP contribution in [0.5, 0.6) is 11.5 Å². The van der Waals surface area contributed by atoms with Gasteiger partial charge in [0.1, 0.15) is 11.5 Å². The van der Waals surface area contributed by atoms with Crippen LogP contribution in [0.2, 0.25) is 0 Å². The third-order valence-corrected chi connectivity index (χ3v) is 6.11. The first-order valence-corrected chi connectivity index (χ1v) is 11.0. The first kappa shape index (κ1) is 22.6. The molecule has 7 heteroatoms. The molecule has 7 nitrogen and oxygen atoms in total. The lowest BCUT2D eigenvalue weighted by molar-refractivity contribution is 0.0542. The maximum Gasteiger partial charge on any atom is 0.254 e. The summed E-state index contributed by atoms with van der Waals surface area (Å²) < 4.78 is 11.1. The van der Waals surface area contributed by atoms with E-state index >= 15 is 0 Å².